The molecular formula is C21H24ClFN4O2. The minimum atomic E-state index is -0.316. The maximum atomic E-state index is 13.7. The molecule has 1 atom stereocenters. The first-order valence-corrected chi connectivity index (χ1v) is 9.55. The van der Waals surface area contributed by atoms with E-state index in [1.807, 2.05) is 6.07 Å². The number of piperazine rings is 1. The molecule has 8 heteroatoms. The van der Waals surface area contributed by atoms with Crippen molar-refractivity contribution in [3.63, 3.8) is 0 Å². The summed E-state index contributed by atoms with van der Waals surface area (Å²) < 4.78 is 13.7. The molecule has 0 bridgehead atoms. The molecule has 4 rings (SSSR count). The van der Waals surface area contributed by atoms with Crippen LogP contribution in [0.5, 0.6) is 0 Å². The molecule has 2 aliphatic rings. The summed E-state index contributed by atoms with van der Waals surface area (Å²) in [7, 11) is 0. The van der Waals surface area contributed by atoms with E-state index >= 15 is 0 Å². The monoisotopic (exact) mass is 418 g/mol. The van der Waals surface area contributed by atoms with Crippen LogP contribution in [0.2, 0.25) is 0 Å². The second kappa shape index (κ2) is 9.24. The number of urea groups is 1. The summed E-state index contributed by atoms with van der Waals surface area (Å²) in [6.07, 6.45) is 2.02. The number of rotatable bonds is 4. The molecule has 1 saturated heterocycles. The van der Waals surface area contributed by atoms with Crippen LogP contribution in [0.25, 0.3) is 0 Å². The molecule has 2 aromatic rings. The highest BCUT2D eigenvalue weighted by molar-refractivity contribution is 5.97. The summed E-state index contributed by atoms with van der Waals surface area (Å²) in [5, 5.41) is 8.91. The van der Waals surface area contributed by atoms with Crippen molar-refractivity contribution in [2.45, 2.75) is 24.9 Å². The Balaban J connectivity index is 0.00000240. The minimum Gasteiger partial charge on any atom is -0.335 e. The van der Waals surface area contributed by atoms with Crippen molar-refractivity contribution in [2.75, 3.05) is 25.0 Å². The summed E-state index contributed by atoms with van der Waals surface area (Å²) in [6.45, 7) is 1.77. The molecule has 1 aliphatic carbocycles. The highest BCUT2D eigenvalue weighted by atomic mass is 35.5. The average molecular weight is 419 g/mol. The Bertz CT molecular complexity index is 890. The van der Waals surface area contributed by atoms with Crippen LogP contribution in [0.1, 0.15) is 34.8 Å². The molecule has 0 spiro atoms. The molecule has 2 fully saturated rings. The van der Waals surface area contributed by atoms with Gasteiger partial charge in [0.1, 0.15) is 5.82 Å². The van der Waals surface area contributed by atoms with E-state index in [9.17, 15) is 14.0 Å². The minimum absolute atomic E-state index is 0. The largest absolute Gasteiger partial charge is 0.335 e. The zero-order valence-electron chi connectivity index (χ0n) is 15.9. The first-order chi connectivity index (χ1) is 13.6. The number of hydrogen-bond acceptors (Lipinski definition) is 3. The predicted molar refractivity (Wildman–Crippen MR) is 112 cm³/mol. The van der Waals surface area contributed by atoms with Gasteiger partial charge in [-0.25, -0.2) is 9.18 Å². The second-order valence-corrected chi connectivity index (χ2v) is 7.23. The van der Waals surface area contributed by atoms with Gasteiger partial charge in [-0.05, 0) is 48.7 Å². The molecule has 3 N–H and O–H groups in total. The summed E-state index contributed by atoms with van der Waals surface area (Å²) in [6, 6.07) is 13.0. The number of amides is 3. The Kier molecular flexibility index (Phi) is 6.71. The van der Waals surface area contributed by atoms with Crippen molar-refractivity contribution in [3.05, 3.63) is 65.5 Å². The zero-order valence-corrected chi connectivity index (χ0v) is 16.7. The van der Waals surface area contributed by atoms with Gasteiger partial charge in [0.15, 0.2) is 0 Å². The molecule has 1 saturated carbocycles. The van der Waals surface area contributed by atoms with Crippen LogP contribution in [0.4, 0.5) is 14.9 Å². The normalized spacial score (nSPS) is 18.5. The van der Waals surface area contributed by atoms with Crippen molar-refractivity contribution in [1.82, 2.24) is 15.5 Å². The van der Waals surface area contributed by atoms with Crippen LogP contribution < -0.4 is 16.0 Å². The predicted octanol–water partition coefficient (Wildman–Crippen LogP) is 3.32. The number of anilines is 1. The van der Waals surface area contributed by atoms with E-state index in [0.29, 0.717) is 30.9 Å². The molecule has 3 amide bonds. The molecule has 29 heavy (non-hydrogen) atoms. The first-order valence-electron chi connectivity index (χ1n) is 9.55. The third-order valence-corrected chi connectivity index (χ3v) is 5.02. The molecule has 6 nitrogen and oxygen atoms in total. The Morgan fingerprint density at radius 3 is 2.66 bits per heavy atom. The molecule has 0 aromatic heterocycles. The van der Waals surface area contributed by atoms with Crippen molar-refractivity contribution >= 4 is 30.0 Å². The number of benzene rings is 2. The van der Waals surface area contributed by atoms with Crippen LogP contribution >= 0.6 is 12.4 Å². The molecule has 2 aromatic carbocycles. The van der Waals surface area contributed by atoms with Crippen LogP contribution in [-0.2, 0) is 0 Å². The molecule has 154 valence electrons. The van der Waals surface area contributed by atoms with Crippen molar-refractivity contribution in [3.8, 4) is 0 Å². The lowest BCUT2D eigenvalue weighted by atomic mass is 10.0. The van der Waals surface area contributed by atoms with Crippen molar-refractivity contribution in [1.29, 1.82) is 0 Å². The molecular weight excluding hydrogens is 395 g/mol. The van der Waals surface area contributed by atoms with Gasteiger partial charge in [-0.15, -0.1) is 12.4 Å². The smallest absolute Gasteiger partial charge is 0.319 e. The van der Waals surface area contributed by atoms with E-state index in [0.717, 1.165) is 18.4 Å². The fourth-order valence-corrected chi connectivity index (χ4v) is 3.44. The lowest BCUT2D eigenvalue weighted by Crippen LogP contribution is -2.48. The van der Waals surface area contributed by atoms with Crippen LogP contribution in [0, 0.1) is 5.82 Å². The topological polar surface area (TPSA) is 73.5 Å². The fraction of sp³-hybridized carbons (Fsp3) is 0.333. The van der Waals surface area contributed by atoms with Gasteiger partial charge in [0, 0.05) is 36.9 Å². The number of carbonyl (C=O) groups is 2. The number of carbonyl (C=O) groups excluding carboxylic acids is 2. The first kappa shape index (κ1) is 21.1. The Labute approximate surface area is 175 Å². The summed E-state index contributed by atoms with van der Waals surface area (Å²) >= 11 is 0. The third kappa shape index (κ3) is 5.25. The van der Waals surface area contributed by atoms with Gasteiger partial charge in [-0.2, -0.15) is 0 Å². The van der Waals surface area contributed by atoms with E-state index in [2.05, 4.69) is 16.0 Å². The number of nitrogens with one attached hydrogen (secondary N) is 3. The molecule has 0 radical (unpaired) electrons. The Hall–Kier alpha value is -2.64. The maximum Gasteiger partial charge on any atom is 0.319 e. The van der Waals surface area contributed by atoms with Crippen LogP contribution in [0.3, 0.4) is 0 Å². The molecule has 1 heterocycles. The van der Waals surface area contributed by atoms with E-state index < -0.39 is 0 Å². The Morgan fingerprint density at radius 1 is 1.10 bits per heavy atom. The fourth-order valence-electron chi connectivity index (χ4n) is 3.44. The molecule has 1 unspecified atom stereocenters. The van der Waals surface area contributed by atoms with Gasteiger partial charge in [0.2, 0.25) is 0 Å². The second-order valence-electron chi connectivity index (χ2n) is 7.23. The SMILES string of the molecule is Cl.O=C(Nc1cccc(C(=O)N2CCNCC2c2cccc(F)c2)c1)NC1CC1. The maximum absolute atomic E-state index is 13.7. The Morgan fingerprint density at radius 2 is 1.90 bits per heavy atom. The van der Waals surface area contributed by atoms with Gasteiger partial charge >= 0.3 is 6.03 Å². The number of nitrogens with zero attached hydrogens (tertiary/aromatic N) is 1. The van der Waals surface area contributed by atoms with Crippen molar-refractivity contribution < 1.29 is 14.0 Å². The summed E-state index contributed by atoms with van der Waals surface area (Å²) in [5.74, 6) is -0.453. The van der Waals surface area contributed by atoms with Crippen LogP contribution in [-0.4, -0.2) is 42.5 Å². The van der Waals surface area contributed by atoms with Gasteiger partial charge in [-0.3, -0.25) is 4.79 Å². The van der Waals surface area contributed by atoms with Gasteiger partial charge in [-0.1, -0.05) is 18.2 Å². The zero-order chi connectivity index (χ0) is 19.5. The lowest BCUT2D eigenvalue weighted by molar-refractivity contribution is 0.0634. The number of hydrogen-bond donors (Lipinski definition) is 3. The summed E-state index contributed by atoms with van der Waals surface area (Å²) in [4.78, 5) is 26.9. The van der Waals surface area contributed by atoms with E-state index in [1.54, 1.807) is 35.2 Å². The van der Waals surface area contributed by atoms with E-state index in [-0.39, 0.29) is 42.2 Å². The van der Waals surface area contributed by atoms with E-state index in [1.165, 1.54) is 12.1 Å². The highest BCUT2D eigenvalue weighted by Gasteiger charge is 2.29. The third-order valence-electron chi connectivity index (χ3n) is 5.02. The average Bonchev–Trinajstić information content (AvgIpc) is 3.51. The van der Waals surface area contributed by atoms with Crippen molar-refractivity contribution in [2.24, 2.45) is 0 Å². The van der Waals surface area contributed by atoms with Gasteiger partial charge in [0.05, 0.1) is 6.04 Å². The van der Waals surface area contributed by atoms with Crippen LogP contribution in [0.15, 0.2) is 48.5 Å². The van der Waals surface area contributed by atoms with Gasteiger partial charge < -0.3 is 20.9 Å². The summed E-state index contributed by atoms with van der Waals surface area (Å²) in [5.41, 5.74) is 1.83. The molecule has 1 aliphatic heterocycles. The standard InChI is InChI=1S/C21H23FN4O2.ClH/c22-16-5-1-3-14(11-16)19-13-23-9-10-26(19)20(27)15-4-2-6-18(12-15)25-21(28)24-17-7-8-17;/h1-6,11-12,17,19,23H,7-10,13H2,(H2,24,25,28);1H. The lowest BCUT2D eigenvalue weighted by Gasteiger charge is -2.36. The quantitative estimate of drug-likeness (QED) is 0.713. The van der Waals surface area contributed by atoms with E-state index in [4.69, 9.17) is 0 Å². The number of halogens is 2. The van der Waals surface area contributed by atoms with Gasteiger partial charge in [0.25, 0.3) is 5.91 Å². The highest BCUT2D eigenvalue weighted by Crippen LogP contribution is 2.25.